The number of rotatable bonds is 6. The predicted molar refractivity (Wildman–Crippen MR) is 71.0 cm³/mol. The number of likely N-dealkylation sites (N-methyl/N-ethyl adjacent to an activating group) is 1. The molecule has 1 aromatic rings. The van der Waals surface area contributed by atoms with Gasteiger partial charge in [0, 0.05) is 13.1 Å². The van der Waals surface area contributed by atoms with Crippen LogP contribution < -0.4 is 0 Å². The van der Waals surface area contributed by atoms with E-state index in [1.54, 1.807) is 0 Å². The van der Waals surface area contributed by atoms with E-state index in [1.165, 1.54) is 18.4 Å². The molecule has 1 fully saturated rings. The highest BCUT2D eigenvalue weighted by Gasteiger charge is 2.24. The summed E-state index contributed by atoms with van der Waals surface area (Å²) in [6, 6.07) is 8.20. The maximum Gasteiger partial charge on any atom is 0.0916 e. The minimum Gasteiger partial charge on any atom is -0.387 e. The Morgan fingerprint density at radius 2 is 1.94 bits per heavy atom. The first-order valence-corrected chi connectivity index (χ1v) is 6.66. The van der Waals surface area contributed by atoms with Gasteiger partial charge in [-0.3, -0.25) is 0 Å². The van der Waals surface area contributed by atoms with Crippen LogP contribution in [0.5, 0.6) is 0 Å². The average molecular weight is 233 g/mol. The van der Waals surface area contributed by atoms with E-state index >= 15 is 0 Å². The molecule has 0 aliphatic heterocycles. The van der Waals surface area contributed by atoms with Crippen LogP contribution in [0.3, 0.4) is 0 Å². The van der Waals surface area contributed by atoms with Crippen LogP contribution in [0.15, 0.2) is 24.3 Å². The van der Waals surface area contributed by atoms with Gasteiger partial charge in [-0.1, -0.05) is 36.8 Å². The largest absolute Gasteiger partial charge is 0.387 e. The summed E-state index contributed by atoms with van der Waals surface area (Å²) in [5.74, 6) is 0.889. The van der Waals surface area contributed by atoms with Gasteiger partial charge >= 0.3 is 0 Å². The lowest BCUT2D eigenvalue weighted by Crippen LogP contribution is -2.30. The van der Waals surface area contributed by atoms with E-state index in [2.05, 4.69) is 30.9 Å². The number of aryl methyl sites for hydroxylation is 1. The Morgan fingerprint density at radius 3 is 2.47 bits per heavy atom. The smallest absolute Gasteiger partial charge is 0.0916 e. The number of aliphatic hydroxyl groups is 1. The predicted octanol–water partition coefficient (Wildman–Crippen LogP) is 2.76. The molecule has 1 saturated carbocycles. The van der Waals surface area contributed by atoms with E-state index < -0.39 is 0 Å². The lowest BCUT2D eigenvalue weighted by atomic mass is 10.1. The summed E-state index contributed by atoms with van der Waals surface area (Å²) in [4.78, 5) is 2.36. The zero-order valence-electron chi connectivity index (χ0n) is 10.9. The monoisotopic (exact) mass is 233 g/mol. The molecule has 2 rings (SSSR count). The third-order valence-electron chi connectivity index (χ3n) is 3.55. The second-order valence-corrected chi connectivity index (χ2v) is 5.22. The van der Waals surface area contributed by atoms with Crippen LogP contribution in [0, 0.1) is 12.8 Å². The minimum atomic E-state index is -0.353. The van der Waals surface area contributed by atoms with Gasteiger partial charge in [0.1, 0.15) is 0 Å². The Morgan fingerprint density at radius 1 is 1.29 bits per heavy atom. The molecule has 0 spiro atoms. The summed E-state index contributed by atoms with van der Waals surface area (Å²) < 4.78 is 0. The molecular weight excluding hydrogens is 210 g/mol. The second kappa shape index (κ2) is 5.65. The first kappa shape index (κ1) is 12.6. The average Bonchev–Trinajstić information content (AvgIpc) is 3.13. The van der Waals surface area contributed by atoms with Crippen molar-refractivity contribution in [2.24, 2.45) is 5.92 Å². The third kappa shape index (κ3) is 3.83. The van der Waals surface area contributed by atoms with E-state index in [4.69, 9.17) is 0 Å². The van der Waals surface area contributed by atoms with Gasteiger partial charge in [-0.15, -0.1) is 0 Å². The second-order valence-electron chi connectivity index (χ2n) is 5.22. The SMILES string of the molecule is CCN(CC1CC1)CC(O)c1ccc(C)cc1. The summed E-state index contributed by atoms with van der Waals surface area (Å²) in [6.07, 6.45) is 2.39. The number of hydrogen-bond donors (Lipinski definition) is 1. The molecule has 0 radical (unpaired) electrons. The van der Waals surface area contributed by atoms with Crippen LogP contribution in [0.1, 0.15) is 37.0 Å². The summed E-state index contributed by atoms with van der Waals surface area (Å²) >= 11 is 0. The molecule has 94 valence electrons. The Kier molecular flexibility index (Phi) is 4.19. The molecule has 0 heterocycles. The molecule has 1 unspecified atom stereocenters. The molecule has 0 aromatic heterocycles. The fraction of sp³-hybridized carbons (Fsp3) is 0.600. The summed E-state index contributed by atoms with van der Waals surface area (Å²) in [7, 11) is 0. The molecule has 1 N–H and O–H groups in total. The van der Waals surface area contributed by atoms with E-state index in [0.717, 1.165) is 31.1 Å². The van der Waals surface area contributed by atoms with Crippen molar-refractivity contribution in [3.05, 3.63) is 35.4 Å². The van der Waals surface area contributed by atoms with Gasteiger partial charge in [-0.2, -0.15) is 0 Å². The molecule has 17 heavy (non-hydrogen) atoms. The Hall–Kier alpha value is -0.860. The highest BCUT2D eigenvalue weighted by molar-refractivity contribution is 5.23. The van der Waals surface area contributed by atoms with Crippen molar-refractivity contribution in [2.45, 2.75) is 32.8 Å². The standard InChI is InChI=1S/C15H23NO/c1-3-16(10-13-6-7-13)11-15(17)14-8-4-12(2)5-9-14/h4-5,8-9,13,15,17H,3,6-7,10-11H2,1-2H3. The van der Waals surface area contributed by atoms with Crippen molar-refractivity contribution >= 4 is 0 Å². The van der Waals surface area contributed by atoms with Crippen LogP contribution in [-0.2, 0) is 0 Å². The molecule has 1 aliphatic rings. The highest BCUT2D eigenvalue weighted by Crippen LogP contribution is 2.30. The van der Waals surface area contributed by atoms with Crippen LogP contribution in [0.2, 0.25) is 0 Å². The highest BCUT2D eigenvalue weighted by atomic mass is 16.3. The Balaban J connectivity index is 1.89. The van der Waals surface area contributed by atoms with Gasteiger partial charge in [-0.25, -0.2) is 0 Å². The number of benzene rings is 1. The first-order chi connectivity index (χ1) is 8.19. The topological polar surface area (TPSA) is 23.5 Å². The van der Waals surface area contributed by atoms with E-state index in [1.807, 2.05) is 12.1 Å². The Bertz CT molecular complexity index is 342. The molecule has 1 aromatic carbocycles. The summed E-state index contributed by atoms with van der Waals surface area (Å²) in [6.45, 7) is 7.18. The van der Waals surface area contributed by atoms with E-state index in [9.17, 15) is 5.11 Å². The van der Waals surface area contributed by atoms with Gasteiger partial charge in [-0.05, 0) is 37.8 Å². The van der Waals surface area contributed by atoms with Gasteiger partial charge < -0.3 is 10.0 Å². The van der Waals surface area contributed by atoms with Crippen molar-refractivity contribution in [1.82, 2.24) is 4.90 Å². The summed E-state index contributed by atoms with van der Waals surface area (Å²) in [5.41, 5.74) is 2.27. The Labute approximate surface area is 104 Å². The van der Waals surface area contributed by atoms with Crippen LogP contribution in [-0.4, -0.2) is 29.6 Å². The third-order valence-corrected chi connectivity index (χ3v) is 3.55. The lowest BCUT2D eigenvalue weighted by molar-refractivity contribution is 0.113. The molecule has 1 aliphatic carbocycles. The van der Waals surface area contributed by atoms with Crippen molar-refractivity contribution in [3.8, 4) is 0 Å². The molecule has 2 heteroatoms. The van der Waals surface area contributed by atoms with Gasteiger partial charge in [0.05, 0.1) is 6.10 Å². The maximum atomic E-state index is 10.2. The van der Waals surface area contributed by atoms with E-state index in [0.29, 0.717) is 0 Å². The van der Waals surface area contributed by atoms with Crippen LogP contribution in [0.4, 0.5) is 0 Å². The number of nitrogens with zero attached hydrogens (tertiary/aromatic N) is 1. The lowest BCUT2D eigenvalue weighted by Gasteiger charge is -2.23. The molecular formula is C15H23NO. The quantitative estimate of drug-likeness (QED) is 0.816. The minimum absolute atomic E-state index is 0.353. The van der Waals surface area contributed by atoms with E-state index in [-0.39, 0.29) is 6.10 Å². The number of aliphatic hydroxyl groups excluding tert-OH is 1. The van der Waals surface area contributed by atoms with Gasteiger partial charge in [0.2, 0.25) is 0 Å². The molecule has 0 amide bonds. The molecule has 2 nitrogen and oxygen atoms in total. The van der Waals surface area contributed by atoms with Crippen LogP contribution >= 0.6 is 0 Å². The normalized spacial score (nSPS) is 17.4. The van der Waals surface area contributed by atoms with Gasteiger partial charge in [0.25, 0.3) is 0 Å². The first-order valence-electron chi connectivity index (χ1n) is 6.66. The van der Waals surface area contributed by atoms with Crippen molar-refractivity contribution in [2.75, 3.05) is 19.6 Å². The zero-order chi connectivity index (χ0) is 12.3. The maximum absolute atomic E-state index is 10.2. The summed E-state index contributed by atoms with van der Waals surface area (Å²) in [5, 5.41) is 10.2. The fourth-order valence-corrected chi connectivity index (χ4v) is 2.14. The van der Waals surface area contributed by atoms with Crippen LogP contribution in [0.25, 0.3) is 0 Å². The molecule has 1 atom stereocenters. The number of hydrogen-bond acceptors (Lipinski definition) is 2. The van der Waals surface area contributed by atoms with Crippen molar-refractivity contribution in [1.29, 1.82) is 0 Å². The molecule has 0 bridgehead atoms. The zero-order valence-corrected chi connectivity index (χ0v) is 10.9. The van der Waals surface area contributed by atoms with Gasteiger partial charge in [0.15, 0.2) is 0 Å². The molecule has 0 saturated heterocycles. The van der Waals surface area contributed by atoms with Crippen molar-refractivity contribution in [3.63, 3.8) is 0 Å². The fourth-order valence-electron chi connectivity index (χ4n) is 2.14. The van der Waals surface area contributed by atoms with Crippen molar-refractivity contribution < 1.29 is 5.11 Å².